The number of nitrogens with zero attached hydrogens (tertiary/aromatic N) is 2. The van der Waals surface area contributed by atoms with Gasteiger partial charge in [-0.25, -0.2) is 4.98 Å². The molecule has 1 N–H and O–H groups in total. The van der Waals surface area contributed by atoms with Gasteiger partial charge in [0.2, 0.25) is 5.91 Å². The van der Waals surface area contributed by atoms with E-state index in [0.29, 0.717) is 16.5 Å². The molecule has 1 aromatic heterocycles. The predicted molar refractivity (Wildman–Crippen MR) is 91.3 cm³/mol. The van der Waals surface area contributed by atoms with E-state index in [4.69, 9.17) is 0 Å². The first kappa shape index (κ1) is 15.6. The van der Waals surface area contributed by atoms with Gasteiger partial charge in [-0.15, -0.1) is 0 Å². The summed E-state index contributed by atoms with van der Waals surface area (Å²) in [5.74, 6) is 0.430. The summed E-state index contributed by atoms with van der Waals surface area (Å²) in [5.41, 5.74) is 2.33. The van der Waals surface area contributed by atoms with Crippen LogP contribution in [0, 0.1) is 11.3 Å². The molecule has 1 fully saturated rings. The number of carbonyl (C=O) groups is 1. The molecule has 0 aliphatic heterocycles. The standard InChI is InChI=1S/C18H17N3OS/c1-12(17(22)20-15-5-3-2-4-6-15)23-18-14(11-19)9-10-16(21-18)13-7-8-13/h2-6,9-10,12-13H,7-8H2,1H3,(H,20,22). The molecule has 5 heteroatoms. The van der Waals surface area contributed by atoms with Gasteiger partial charge in [-0.2, -0.15) is 5.26 Å². The van der Waals surface area contributed by atoms with Crippen molar-refractivity contribution in [1.29, 1.82) is 5.26 Å². The van der Waals surface area contributed by atoms with Gasteiger partial charge in [0.15, 0.2) is 0 Å². The van der Waals surface area contributed by atoms with E-state index in [2.05, 4.69) is 16.4 Å². The quantitative estimate of drug-likeness (QED) is 0.846. The number of amides is 1. The second-order valence-electron chi connectivity index (χ2n) is 5.59. The number of para-hydroxylation sites is 1. The molecule has 0 radical (unpaired) electrons. The van der Waals surface area contributed by atoms with E-state index in [1.54, 1.807) is 0 Å². The maximum atomic E-state index is 12.3. The van der Waals surface area contributed by atoms with E-state index >= 15 is 0 Å². The molecule has 0 spiro atoms. The number of nitrogens with one attached hydrogen (secondary N) is 1. The van der Waals surface area contributed by atoms with Crippen molar-refractivity contribution < 1.29 is 4.79 Å². The molecule has 0 saturated heterocycles. The molecule has 3 rings (SSSR count). The predicted octanol–water partition coefficient (Wildman–Crippen LogP) is 3.95. The Morgan fingerprint density at radius 2 is 2.04 bits per heavy atom. The van der Waals surface area contributed by atoms with Gasteiger partial charge in [0, 0.05) is 17.3 Å². The Bertz CT molecular complexity index is 751. The van der Waals surface area contributed by atoms with Gasteiger partial charge in [0.05, 0.1) is 10.8 Å². The average Bonchev–Trinajstić information content (AvgIpc) is 3.40. The minimum Gasteiger partial charge on any atom is -0.325 e. The summed E-state index contributed by atoms with van der Waals surface area (Å²) in [7, 11) is 0. The number of nitriles is 1. The van der Waals surface area contributed by atoms with E-state index in [1.165, 1.54) is 11.8 Å². The molecule has 1 aromatic carbocycles. The number of carbonyl (C=O) groups excluding carboxylic acids is 1. The Balaban J connectivity index is 1.71. The first-order valence-corrected chi connectivity index (χ1v) is 8.49. The topological polar surface area (TPSA) is 65.8 Å². The van der Waals surface area contributed by atoms with E-state index in [-0.39, 0.29) is 11.2 Å². The van der Waals surface area contributed by atoms with Gasteiger partial charge in [0.25, 0.3) is 0 Å². The highest BCUT2D eigenvalue weighted by atomic mass is 32.2. The summed E-state index contributed by atoms with van der Waals surface area (Å²) < 4.78 is 0. The van der Waals surface area contributed by atoms with E-state index in [1.807, 2.05) is 49.4 Å². The number of hydrogen-bond acceptors (Lipinski definition) is 4. The highest BCUT2D eigenvalue weighted by Gasteiger charge is 2.26. The van der Waals surface area contributed by atoms with Crippen molar-refractivity contribution in [1.82, 2.24) is 4.98 Å². The Morgan fingerprint density at radius 3 is 2.70 bits per heavy atom. The highest BCUT2D eigenvalue weighted by molar-refractivity contribution is 8.00. The maximum Gasteiger partial charge on any atom is 0.237 e. The Morgan fingerprint density at radius 1 is 1.30 bits per heavy atom. The van der Waals surface area contributed by atoms with Crippen LogP contribution in [-0.4, -0.2) is 16.1 Å². The van der Waals surface area contributed by atoms with Gasteiger partial charge >= 0.3 is 0 Å². The zero-order chi connectivity index (χ0) is 16.2. The normalized spacial score (nSPS) is 14.8. The zero-order valence-electron chi connectivity index (χ0n) is 12.8. The van der Waals surface area contributed by atoms with Crippen molar-refractivity contribution in [2.75, 3.05) is 5.32 Å². The number of pyridine rings is 1. The van der Waals surface area contributed by atoms with Crippen molar-refractivity contribution in [3.63, 3.8) is 0 Å². The van der Waals surface area contributed by atoms with Crippen molar-refractivity contribution in [2.45, 2.75) is 36.0 Å². The molecule has 1 heterocycles. The van der Waals surface area contributed by atoms with Crippen LogP contribution in [0.2, 0.25) is 0 Å². The van der Waals surface area contributed by atoms with Crippen molar-refractivity contribution >= 4 is 23.4 Å². The Labute approximate surface area is 139 Å². The van der Waals surface area contributed by atoms with E-state index < -0.39 is 0 Å². The molecule has 1 unspecified atom stereocenters. The lowest BCUT2D eigenvalue weighted by Crippen LogP contribution is -2.22. The molecule has 23 heavy (non-hydrogen) atoms. The van der Waals surface area contributed by atoms with Crippen molar-refractivity contribution in [2.24, 2.45) is 0 Å². The van der Waals surface area contributed by atoms with Gasteiger partial charge in [-0.05, 0) is 44.0 Å². The summed E-state index contributed by atoms with van der Waals surface area (Å²) in [6.07, 6.45) is 2.32. The third kappa shape index (κ3) is 3.91. The van der Waals surface area contributed by atoms with Gasteiger partial charge in [0.1, 0.15) is 11.1 Å². The van der Waals surface area contributed by atoms with Crippen LogP contribution in [0.25, 0.3) is 0 Å². The summed E-state index contributed by atoms with van der Waals surface area (Å²) in [6.45, 7) is 1.83. The lowest BCUT2D eigenvalue weighted by molar-refractivity contribution is -0.115. The molecular weight excluding hydrogens is 306 g/mol. The number of aromatic nitrogens is 1. The number of anilines is 1. The highest BCUT2D eigenvalue weighted by Crippen LogP contribution is 2.40. The summed E-state index contributed by atoms with van der Waals surface area (Å²) >= 11 is 1.34. The van der Waals surface area contributed by atoms with E-state index in [9.17, 15) is 10.1 Å². The fraction of sp³-hybridized carbons (Fsp3) is 0.278. The first-order valence-electron chi connectivity index (χ1n) is 7.61. The van der Waals surface area contributed by atoms with Crippen LogP contribution in [-0.2, 0) is 4.79 Å². The van der Waals surface area contributed by atoms with Crippen LogP contribution in [0.15, 0.2) is 47.5 Å². The zero-order valence-corrected chi connectivity index (χ0v) is 13.6. The largest absolute Gasteiger partial charge is 0.325 e. The molecule has 1 aliphatic carbocycles. The van der Waals surface area contributed by atoms with Crippen LogP contribution >= 0.6 is 11.8 Å². The van der Waals surface area contributed by atoms with Crippen LogP contribution in [0.4, 0.5) is 5.69 Å². The number of benzene rings is 1. The average molecular weight is 323 g/mol. The molecular formula is C18H17N3OS. The van der Waals surface area contributed by atoms with Crippen LogP contribution in [0.5, 0.6) is 0 Å². The molecule has 4 nitrogen and oxygen atoms in total. The second kappa shape index (κ2) is 6.84. The number of thioether (sulfide) groups is 1. The van der Waals surface area contributed by atoms with Gasteiger partial charge in [-0.1, -0.05) is 30.0 Å². The van der Waals surface area contributed by atoms with Crippen LogP contribution < -0.4 is 5.32 Å². The number of hydrogen-bond donors (Lipinski definition) is 1. The molecule has 1 amide bonds. The minimum atomic E-state index is -0.329. The first-order chi connectivity index (χ1) is 11.2. The van der Waals surface area contributed by atoms with Gasteiger partial charge < -0.3 is 5.32 Å². The summed E-state index contributed by atoms with van der Waals surface area (Å²) in [5, 5.41) is 12.4. The summed E-state index contributed by atoms with van der Waals surface area (Å²) in [6, 6.07) is 15.3. The lowest BCUT2D eigenvalue weighted by atomic mass is 10.2. The monoisotopic (exact) mass is 323 g/mol. The molecule has 1 atom stereocenters. The molecule has 116 valence electrons. The molecule has 1 saturated carbocycles. The van der Waals surface area contributed by atoms with E-state index in [0.717, 1.165) is 24.2 Å². The fourth-order valence-corrected chi connectivity index (χ4v) is 3.12. The van der Waals surface area contributed by atoms with Crippen molar-refractivity contribution in [3.05, 3.63) is 53.7 Å². The lowest BCUT2D eigenvalue weighted by Gasteiger charge is -2.13. The molecule has 2 aromatic rings. The molecule has 1 aliphatic rings. The van der Waals surface area contributed by atoms with Crippen LogP contribution in [0.3, 0.4) is 0 Å². The fourth-order valence-electron chi connectivity index (χ4n) is 2.22. The van der Waals surface area contributed by atoms with Crippen LogP contribution in [0.1, 0.15) is 36.9 Å². The second-order valence-corrected chi connectivity index (χ2v) is 6.92. The van der Waals surface area contributed by atoms with Crippen molar-refractivity contribution in [3.8, 4) is 6.07 Å². The molecule has 0 bridgehead atoms. The smallest absolute Gasteiger partial charge is 0.237 e. The summed E-state index contributed by atoms with van der Waals surface area (Å²) in [4.78, 5) is 16.9. The maximum absolute atomic E-state index is 12.3. The third-order valence-corrected chi connectivity index (χ3v) is 4.80. The number of rotatable bonds is 5. The Hall–Kier alpha value is -2.32. The third-order valence-electron chi connectivity index (χ3n) is 3.70. The Kier molecular flexibility index (Phi) is 4.63. The minimum absolute atomic E-state index is 0.0938. The van der Waals surface area contributed by atoms with Gasteiger partial charge in [-0.3, -0.25) is 4.79 Å². The SMILES string of the molecule is CC(Sc1nc(C2CC2)ccc1C#N)C(=O)Nc1ccccc1.